The van der Waals surface area contributed by atoms with E-state index in [1.54, 1.807) is 6.07 Å². The van der Waals surface area contributed by atoms with Crippen LogP contribution in [-0.4, -0.2) is 19.7 Å². The second-order valence-electron chi connectivity index (χ2n) is 4.88. The van der Waals surface area contributed by atoms with E-state index in [1.165, 1.54) is 6.07 Å². The van der Waals surface area contributed by atoms with Crippen LogP contribution in [0.25, 0.3) is 0 Å². The summed E-state index contributed by atoms with van der Waals surface area (Å²) in [5.41, 5.74) is -0.660. The molecule has 1 heterocycles. The second kappa shape index (κ2) is 6.28. The molecule has 1 unspecified atom stereocenters. The van der Waals surface area contributed by atoms with Crippen LogP contribution in [0.4, 0.5) is 13.2 Å². The standard InChI is InChI=1S/C14H18F3NO/c15-14(16,17)12-4-1-5-13(9-12)19-10-11-3-2-7-18-8-6-11/h1,4-5,9,11,18H,2-3,6-8,10H2. The summed E-state index contributed by atoms with van der Waals surface area (Å²) < 4.78 is 43.2. The topological polar surface area (TPSA) is 21.3 Å². The maximum absolute atomic E-state index is 12.6. The molecule has 5 heteroatoms. The molecule has 1 aliphatic heterocycles. The zero-order valence-electron chi connectivity index (χ0n) is 10.7. The van der Waals surface area contributed by atoms with Crippen LogP contribution < -0.4 is 10.1 Å². The highest BCUT2D eigenvalue weighted by Gasteiger charge is 2.30. The highest BCUT2D eigenvalue weighted by molar-refractivity contribution is 5.30. The molecule has 106 valence electrons. The molecule has 1 aliphatic rings. The van der Waals surface area contributed by atoms with E-state index in [-0.39, 0.29) is 0 Å². The number of hydrogen-bond acceptors (Lipinski definition) is 2. The number of rotatable bonds is 3. The third kappa shape index (κ3) is 4.42. The summed E-state index contributed by atoms with van der Waals surface area (Å²) in [5.74, 6) is 0.719. The van der Waals surface area contributed by atoms with Gasteiger partial charge in [0, 0.05) is 0 Å². The van der Waals surface area contributed by atoms with Crippen LogP contribution >= 0.6 is 0 Å². The van der Waals surface area contributed by atoms with E-state index in [1.807, 2.05) is 0 Å². The summed E-state index contributed by atoms with van der Waals surface area (Å²) in [5, 5.41) is 3.30. The minimum atomic E-state index is -4.31. The predicted molar refractivity (Wildman–Crippen MR) is 67.1 cm³/mol. The molecule has 1 atom stereocenters. The van der Waals surface area contributed by atoms with Crippen molar-refractivity contribution in [3.63, 3.8) is 0 Å². The van der Waals surface area contributed by atoms with Crippen molar-refractivity contribution in [1.29, 1.82) is 0 Å². The summed E-state index contributed by atoms with van der Waals surface area (Å²) in [7, 11) is 0. The number of halogens is 3. The van der Waals surface area contributed by atoms with E-state index in [2.05, 4.69) is 5.32 Å². The highest BCUT2D eigenvalue weighted by Crippen LogP contribution is 2.31. The number of hydrogen-bond donors (Lipinski definition) is 1. The van der Waals surface area contributed by atoms with Crippen molar-refractivity contribution in [1.82, 2.24) is 5.32 Å². The maximum Gasteiger partial charge on any atom is 0.416 e. The molecular weight excluding hydrogens is 255 g/mol. The van der Waals surface area contributed by atoms with Crippen LogP contribution in [0.15, 0.2) is 24.3 Å². The maximum atomic E-state index is 12.6. The van der Waals surface area contributed by atoms with Gasteiger partial charge in [-0.3, -0.25) is 0 Å². The normalized spacial score (nSPS) is 20.9. The SMILES string of the molecule is FC(F)(F)c1cccc(OCC2CCCNCC2)c1. The lowest BCUT2D eigenvalue weighted by atomic mass is 10.0. The molecule has 0 aromatic heterocycles. The third-order valence-electron chi connectivity index (χ3n) is 3.34. The minimum Gasteiger partial charge on any atom is -0.493 e. The molecule has 19 heavy (non-hydrogen) atoms. The lowest BCUT2D eigenvalue weighted by molar-refractivity contribution is -0.137. The van der Waals surface area contributed by atoms with Crippen molar-refractivity contribution in [2.24, 2.45) is 5.92 Å². The smallest absolute Gasteiger partial charge is 0.416 e. The lowest BCUT2D eigenvalue weighted by Gasteiger charge is -2.15. The van der Waals surface area contributed by atoms with E-state index in [4.69, 9.17) is 4.74 Å². The number of benzene rings is 1. The summed E-state index contributed by atoms with van der Waals surface area (Å²) >= 11 is 0. The van der Waals surface area contributed by atoms with Crippen molar-refractivity contribution >= 4 is 0 Å². The van der Waals surface area contributed by atoms with E-state index in [0.717, 1.165) is 44.5 Å². The Labute approximate surface area is 111 Å². The molecule has 1 saturated heterocycles. The highest BCUT2D eigenvalue weighted by atomic mass is 19.4. The molecule has 1 aromatic rings. The average Bonchev–Trinajstić information content (AvgIpc) is 2.64. The van der Waals surface area contributed by atoms with Gasteiger partial charge in [0.2, 0.25) is 0 Å². The molecule has 1 fully saturated rings. The fourth-order valence-corrected chi connectivity index (χ4v) is 2.23. The molecule has 0 amide bonds. The van der Waals surface area contributed by atoms with Crippen molar-refractivity contribution in [3.8, 4) is 5.75 Å². The summed E-state index contributed by atoms with van der Waals surface area (Å²) in [6, 6.07) is 5.08. The lowest BCUT2D eigenvalue weighted by Crippen LogP contribution is -2.16. The second-order valence-corrected chi connectivity index (χ2v) is 4.88. The third-order valence-corrected chi connectivity index (χ3v) is 3.34. The average molecular weight is 273 g/mol. The van der Waals surface area contributed by atoms with Gasteiger partial charge < -0.3 is 10.1 Å². The van der Waals surface area contributed by atoms with Gasteiger partial charge in [-0.05, 0) is 56.5 Å². The van der Waals surface area contributed by atoms with Crippen LogP contribution in [0.1, 0.15) is 24.8 Å². The first-order chi connectivity index (χ1) is 9.05. The fourth-order valence-electron chi connectivity index (χ4n) is 2.23. The summed E-state index contributed by atoms with van der Waals surface area (Å²) in [6.45, 7) is 2.46. The fraction of sp³-hybridized carbons (Fsp3) is 0.571. The summed E-state index contributed by atoms with van der Waals surface area (Å²) in [4.78, 5) is 0. The van der Waals surface area contributed by atoms with Gasteiger partial charge in [-0.15, -0.1) is 0 Å². The molecule has 0 spiro atoms. The Kier molecular flexibility index (Phi) is 4.69. The van der Waals surface area contributed by atoms with Gasteiger partial charge >= 0.3 is 6.18 Å². The zero-order chi connectivity index (χ0) is 13.7. The van der Waals surface area contributed by atoms with Gasteiger partial charge in [0.1, 0.15) is 5.75 Å². The van der Waals surface area contributed by atoms with E-state index in [0.29, 0.717) is 18.3 Å². The molecule has 2 rings (SSSR count). The van der Waals surface area contributed by atoms with Crippen molar-refractivity contribution in [2.45, 2.75) is 25.4 Å². The van der Waals surface area contributed by atoms with Gasteiger partial charge in [-0.1, -0.05) is 6.07 Å². The predicted octanol–water partition coefficient (Wildman–Crippen LogP) is 3.47. The Hall–Kier alpha value is -1.23. The first kappa shape index (κ1) is 14.2. The zero-order valence-corrected chi connectivity index (χ0v) is 10.7. The monoisotopic (exact) mass is 273 g/mol. The van der Waals surface area contributed by atoms with Crippen LogP contribution in [0.3, 0.4) is 0 Å². The van der Waals surface area contributed by atoms with E-state index in [9.17, 15) is 13.2 Å². The van der Waals surface area contributed by atoms with Crippen LogP contribution in [0.5, 0.6) is 5.75 Å². The molecule has 0 aliphatic carbocycles. The molecule has 0 bridgehead atoms. The van der Waals surface area contributed by atoms with Crippen molar-refractivity contribution in [3.05, 3.63) is 29.8 Å². The number of ether oxygens (including phenoxy) is 1. The van der Waals surface area contributed by atoms with Crippen LogP contribution in [0.2, 0.25) is 0 Å². The number of nitrogens with one attached hydrogen (secondary N) is 1. The summed E-state index contributed by atoms with van der Waals surface area (Å²) in [6.07, 6.45) is -1.15. The van der Waals surface area contributed by atoms with Gasteiger partial charge in [-0.2, -0.15) is 13.2 Å². The van der Waals surface area contributed by atoms with Gasteiger partial charge in [0.05, 0.1) is 12.2 Å². The van der Waals surface area contributed by atoms with Gasteiger partial charge in [0.15, 0.2) is 0 Å². The van der Waals surface area contributed by atoms with Crippen molar-refractivity contribution in [2.75, 3.05) is 19.7 Å². The van der Waals surface area contributed by atoms with Crippen LogP contribution in [0, 0.1) is 5.92 Å². The largest absolute Gasteiger partial charge is 0.493 e. The molecule has 1 aromatic carbocycles. The van der Waals surface area contributed by atoms with Crippen LogP contribution in [-0.2, 0) is 6.18 Å². The molecule has 1 N–H and O–H groups in total. The Morgan fingerprint density at radius 3 is 2.84 bits per heavy atom. The molecule has 0 saturated carbocycles. The van der Waals surface area contributed by atoms with E-state index < -0.39 is 11.7 Å². The molecule has 2 nitrogen and oxygen atoms in total. The Bertz CT molecular complexity index is 398. The minimum absolute atomic E-state index is 0.298. The molecule has 0 radical (unpaired) electrons. The molecular formula is C14H18F3NO. The van der Waals surface area contributed by atoms with Crippen molar-refractivity contribution < 1.29 is 17.9 Å². The first-order valence-electron chi connectivity index (χ1n) is 6.56. The Morgan fingerprint density at radius 1 is 1.21 bits per heavy atom. The van der Waals surface area contributed by atoms with Gasteiger partial charge in [-0.25, -0.2) is 0 Å². The number of alkyl halides is 3. The van der Waals surface area contributed by atoms with E-state index >= 15 is 0 Å². The Morgan fingerprint density at radius 2 is 2.05 bits per heavy atom. The quantitative estimate of drug-likeness (QED) is 0.910. The first-order valence-corrected chi connectivity index (χ1v) is 6.56. The van der Waals surface area contributed by atoms with Gasteiger partial charge in [0.25, 0.3) is 0 Å². The Balaban J connectivity index is 1.92.